The molecule has 1 aromatic heterocycles. The minimum Gasteiger partial charge on any atom is -0.378 e. The number of aromatic nitrogens is 2. The van der Waals surface area contributed by atoms with E-state index in [1.807, 2.05) is 13.0 Å². The monoisotopic (exact) mass is 425 g/mol. The molecule has 3 rings (SSSR count). The van der Waals surface area contributed by atoms with Gasteiger partial charge in [-0.25, -0.2) is 23.1 Å². The highest BCUT2D eigenvalue weighted by atomic mass is 35.5. The highest BCUT2D eigenvalue weighted by Crippen LogP contribution is 2.17. The minimum atomic E-state index is -3.42. The number of hydrogen-bond acceptors (Lipinski definition) is 7. The third-order valence-corrected chi connectivity index (χ3v) is 5.79. The van der Waals surface area contributed by atoms with Crippen LogP contribution in [-0.2, 0) is 20.5 Å². The first-order chi connectivity index (χ1) is 13.4. The zero-order chi connectivity index (χ0) is 20.0. The van der Waals surface area contributed by atoms with Crippen LogP contribution < -0.4 is 14.9 Å². The predicted octanol–water partition coefficient (Wildman–Crippen LogP) is 1.81. The fraction of sp³-hybridized carbons (Fsp3) is 0.444. The molecule has 1 aliphatic rings. The normalized spacial score (nSPS) is 14.9. The Morgan fingerprint density at radius 1 is 1.14 bits per heavy atom. The first-order valence-electron chi connectivity index (χ1n) is 9.05. The summed E-state index contributed by atoms with van der Waals surface area (Å²) in [6.45, 7) is 5.46. The first kappa shape index (κ1) is 20.8. The second kappa shape index (κ2) is 9.51. The van der Waals surface area contributed by atoms with Gasteiger partial charge in [0, 0.05) is 37.3 Å². The van der Waals surface area contributed by atoms with Crippen molar-refractivity contribution < 1.29 is 13.2 Å². The molecule has 0 atom stereocenters. The van der Waals surface area contributed by atoms with Gasteiger partial charge in [-0.3, -0.25) is 0 Å². The van der Waals surface area contributed by atoms with Crippen LogP contribution in [0.1, 0.15) is 11.4 Å². The van der Waals surface area contributed by atoms with Crippen LogP contribution in [0.4, 0.5) is 11.6 Å². The van der Waals surface area contributed by atoms with Gasteiger partial charge in [0.2, 0.25) is 10.0 Å². The van der Waals surface area contributed by atoms with Crippen molar-refractivity contribution in [2.45, 2.75) is 12.7 Å². The van der Waals surface area contributed by atoms with E-state index >= 15 is 0 Å². The van der Waals surface area contributed by atoms with Crippen LogP contribution >= 0.6 is 11.6 Å². The van der Waals surface area contributed by atoms with Gasteiger partial charge in [0.25, 0.3) is 0 Å². The lowest BCUT2D eigenvalue weighted by molar-refractivity contribution is 0.122. The van der Waals surface area contributed by atoms with Gasteiger partial charge < -0.3 is 15.0 Å². The molecular formula is C18H24ClN5O3S. The van der Waals surface area contributed by atoms with Crippen LogP contribution in [0.25, 0.3) is 0 Å². The number of halogens is 1. The Hall–Kier alpha value is -1.94. The van der Waals surface area contributed by atoms with E-state index in [4.69, 9.17) is 16.3 Å². The average Bonchev–Trinajstić information content (AvgIpc) is 2.67. The predicted molar refractivity (Wildman–Crippen MR) is 110 cm³/mol. The number of anilines is 2. The van der Waals surface area contributed by atoms with Gasteiger partial charge in [-0.05, 0) is 24.6 Å². The molecule has 1 fully saturated rings. The third-order valence-electron chi connectivity index (χ3n) is 4.18. The van der Waals surface area contributed by atoms with Crippen LogP contribution in [0.5, 0.6) is 0 Å². The number of aryl methyl sites for hydroxylation is 1. The lowest BCUT2D eigenvalue weighted by Crippen LogP contribution is -2.37. The summed E-state index contributed by atoms with van der Waals surface area (Å²) in [5.41, 5.74) is 0.687. The molecule has 2 heterocycles. The summed E-state index contributed by atoms with van der Waals surface area (Å²) in [5, 5.41) is 3.73. The number of rotatable bonds is 8. The Morgan fingerprint density at radius 3 is 2.57 bits per heavy atom. The molecule has 1 saturated heterocycles. The van der Waals surface area contributed by atoms with Crippen LogP contribution in [0.3, 0.4) is 0 Å². The smallest absolute Gasteiger partial charge is 0.215 e. The molecule has 0 saturated carbocycles. The van der Waals surface area contributed by atoms with E-state index in [-0.39, 0.29) is 12.3 Å². The molecule has 0 aliphatic carbocycles. The maximum atomic E-state index is 12.2. The largest absolute Gasteiger partial charge is 0.378 e. The van der Waals surface area contributed by atoms with E-state index in [9.17, 15) is 8.42 Å². The van der Waals surface area contributed by atoms with Crippen molar-refractivity contribution in [3.8, 4) is 0 Å². The molecule has 1 aromatic carbocycles. The SMILES string of the molecule is Cc1nc(NCCNS(=O)(=O)Cc2ccc(Cl)cc2)cc(N2CCOCC2)n1. The van der Waals surface area contributed by atoms with E-state index < -0.39 is 10.0 Å². The number of morpholine rings is 1. The summed E-state index contributed by atoms with van der Waals surface area (Å²) in [6, 6.07) is 8.64. The maximum Gasteiger partial charge on any atom is 0.215 e. The number of hydrogen-bond donors (Lipinski definition) is 2. The third kappa shape index (κ3) is 6.30. The molecule has 0 spiro atoms. The Kier molecular flexibility index (Phi) is 7.06. The van der Waals surface area contributed by atoms with Gasteiger partial charge in [-0.15, -0.1) is 0 Å². The number of ether oxygens (including phenoxy) is 1. The summed E-state index contributed by atoms with van der Waals surface area (Å²) >= 11 is 5.82. The van der Waals surface area contributed by atoms with E-state index in [1.54, 1.807) is 24.3 Å². The van der Waals surface area contributed by atoms with E-state index in [2.05, 4.69) is 24.9 Å². The van der Waals surface area contributed by atoms with Crippen molar-refractivity contribution in [2.75, 3.05) is 49.6 Å². The van der Waals surface area contributed by atoms with Gasteiger partial charge in [0.05, 0.1) is 19.0 Å². The molecule has 28 heavy (non-hydrogen) atoms. The van der Waals surface area contributed by atoms with E-state index in [1.165, 1.54) is 0 Å². The van der Waals surface area contributed by atoms with E-state index in [0.717, 1.165) is 18.9 Å². The summed E-state index contributed by atoms with van der Waals surface area (Å²) in [7, 11) is -3.42. The minimum absolute atomic E-state index is 0.0854. The lowest BCUT2D eigenvalue weighted by atomic mass is 10.2. The van der Waals surface area contributed by atoms with Crippen molar-refractivity contribution in [3.05, 3.63) is 46.7 Å². The molecular weight excluding hydrogens is 402 g/mol. The molecule has 8 nitrogen and oxygen atoms in total. The molecule has 152 valence electrons. The van der Waals surface area contributed by atoms with Gasteiger partial charge in [0.1, 0.15) is 17.5 Å². The van der Waals surface area contributed by atoms with Crippen molar-refractivity contribution in [2.24, 2.45) is 0 Å². The molecule has 2 aromatic rings. The Bertz CT molecular complexity index is 887. The molecule has 0 radical (unpaired) electrons. The highest BCUT2D eigenvalue weighted by molar-refractivity contribution is 7.88. The summed E-state index contributed by atoms with van der Waals surface area (Å²) < 4.78 is 32.4. The zero-order valence-electron chi connectivity index (χ0n) is 15.7. The number of sulfonamides is 1. The van der Waals surface area contributed by atoms with Gasteiger partial charge in [0.15, 0.2) is 0 Å². The van der Waals surface area contributed by atoms with Crippen LogP contribution in [0.15, 0.2) is 30.3 Å². The topological polar surface area (TPSA) is 96.5 Å². The van der Waals surface area contributed by atoms with Crippen molar-refractivity contribution in [1.82, 2.24) is 14.7 Å². The number of nitrogens with one attached hydrogen (secondary N) is 2. The second-order valence-electron chi connectivity index (χ2n) is 6.46. The van der Waals surface area contributed by atoms with Gasteiger partial charge >= 0.3 is 0 Å². The van der Waals surface area contributed by atoms with Crippen molar-refractivity contribution in [3.63, 3.8) is 0 Å². The maximum absolute atomic E-state index is 12.2. The fourth-order valence-corrected chi connectivity index (χ4v) is 4.12. The fourth-order valence-electron chi connectivity index (χ4n) is 2.85. The summed E-state index contributed by atoms with van der Waals surface area (Å²) in [4.78, 5) is 11.0. The second-order valence-corrected chi connectivity index (χ2v) is 8.71. The van der Waals surface area contributed by atoms with Crippen LogP contribution in [0, 0.1) is 6.92 Å². The van der Waals surface area contributed by atoms with Gasteiger partial charge in [-0.1, -0.05) is 23.7 Å². The van der Waals surface area contributed by atoms with E-state index in [0.29, 0.717) is 42.0 Å². The lowest BCUT2D eigenvalue weighted by Gasteiger charge is -2.28. The molecule has 0 bridgehead atoms. The molecule has 2 N–H and O–H groups in total. The number of nitrogens with zero attached hydrogens (tertiary/aromatic N) is 3. The van der Waals surface area contributed by atoms with Gasteiger partial charge in [-0.2, -0.15) is 0 Å². The molecule has 1 aliphatic heterocycles. The number of benzene rings is 1. The molecule has 0 unspecified atom stereocenters. The summed E-state index contributed by atoms with van der Waals surface area (Å²) in [5.74, 6) is 2.10. The van der Waals surface area contributed by atoms with Crippen molar-refractivity contribution >= 4 is 33.3 Å². The Morgan fingerprint density at radius 2 is 1.86 bits per heavy atom. The first-order valence-corrected chi connectivity index (χ1v) is 11.1. The molecule has 0 amide bonds. The summed E-state index contributed by atoms with van der Waals surface area (Å²) in [6.07, 6.45) is 0. The Labute approximate surface area is 170 Å². The van der Waals surface area contributed by atoms with Crippen LogP contribution in [0.2, 0.25) is 5.02 Å². The highest BCUT2D eigenvalue weighted by Gasteiger charge is 2.14. The average molecular weight is 426 g/mol. The Balaban J connectivity index is 1.50. The standard InChI is InChI=1S/C18H24ClN5O3S/c1-14-22-17(12-18(23-14)24-8-10-27-11-9-24)20-6-7-21-28(25,26)13-15-2-4-16(19)5-3-15/h2-5,12,21H,6-11,13H2,1H3,(H,20,22,23). The van der Waals surface area contributed by atoms with Crippen LogP contribution in [-0.4, -0.2) is 57.8 Å². The quantitative estimate of drug-likeness (QED) is 0.622. The molecule has 10 heteroatoms. The van der Waals surface area contributed by atoms with Crippen molar-refractivity contribution in [1.29, 1.82) is 0 Å². The zero-order valence-corrected chi connectivity index (χ0v) is 17.3.